The van der Waals surface area contributed by atoms with Gasteiger partial charge in [0.05, 0.1) is 19.2 Å². The smallest absolute Gasteiger partial charge is 0.242 e. The number of carbonyl (C=O) groups is 2. The summed E-state index contributed by atoms with van der Waals surface area (Å²) in [4.78, 5) is 30.8. The van der Waals surface area contributed by atoms with Crippen LogP contribution >= 0.6 is 11.3 Å². The van der Waals surface area contributed by atoms with Crippen LogP contribution in [0.2, 0.25) is 0 Å². The summed E-state index contributed by atoms with van der Waals surface area (Å²) in [6.07, 6.45) is 2.08. The predicted molar refractivity (Wildman–Crippen MR) is 116 cm³/mol. The molecule has 29 heavy (non-hydrogen) atoms. The Labute approximate surface area is 177 Å². The molecule has 0 bridgehead atoms. The minimum Gasteiger partial charge on any atom is -0.383 e. The van der Waals surface area contributed by atoms with Crippen LogP contribution in [0.1, 0.15) is 47.4 Å². The fraction of sp³-hybridized carbons (Fsp3) is 0.478. The van der Waals surface area contributed by atoms with E-state index in [1.807, 2.05) is 11.8 Å². The molecule has 2 heterocycles. The third-order valence-electron chi connectivity index (χ3n) is 5.39. The molecule has 1 aromatic heterocycles. The standard InChI is InChI=1S/C23H30N2O3S/c1-4-5-21(26)24(13-14-28-3)16-22(27)25-12-10-20-19(11-15-29-20)23(25)18-8-6-17(2)7-9-18/h6-9,11,15,23H,4-5,10,12-14,16H2,1-3H3/t23-/m1/s1. The second-order valence-corrected chi connectivity index (χ2v) is 8.51. The normalized spacial score (nSPS) is 15.8. The quantitative estimate of drug-likeness (QED) is 0.660. The van der Waals surface area contributed by atoms with Crippen LogP contribution in [0.15, 0.2) is 35.7 Å². The van der Waals surface area contributed by atoms with Crippen LogP contribution in [0.4, 0.5) is 0 Å². The van der Waals surface area contributed by atoms with Crippen molar-refractivity contribution in [1.82, 2.24) is 9.80 Å². The third-order valence-corrected chi connectivity index (χ3v) is 6.38. The summed E-state index contributed by atoms with van der Waals surface area (Å²) >= 11 is 1.76. The first-order valence-corrected chi connectivity index (χ1v) is 11.1. The zero-order valence-electron chi connectivity index (χ0n) is 17.5. The van der Waals surface area contributed by atoms with Crippen molar-refractivity contribution in [2.75, 3.05) is 33.4 Å². The maximum atomic E-state index is 13.4. The molecule has 1 aliphatic heterocycles. The van der Waals surface area contributed by atoms with Gasteiger partial charge in [0, 0.05) is 31.5 Å². The summed E-state index contributed by atoms with van der Waals surface area (Å²) in [6.45, 7) is 5.68. The van der Waals surface area contributed by atoms with Gasteiger partial charge < -0.3 is 14.5 Å². The summed E-state index contributed by atoms with van der Waals surface area (Å²) in [6, 6.07) is 10.4. The number of hydrogen-bond donors (Lipinski definition) is 0. The Morgan fingerprint density at radius 2 is 2.00 bits per heavy atom. The van der Waals surface area contributed by atoms with Crippen LogP contribution in [-0.4, -0.2) is 55.0 Å². The molecule has 5 nitrogen and oxygen atoms in total. The number of carbonyl (C=O) groups excluding carboxylic acids is 2. The lowest BCUT2D eigenvalue weighted by atomic mass is 9.92. The number of benzene rings is 1. The molecular weight excluding hydrogens is 384 g/mol. The first kappa shape index (κ1) is 21.5. The van der Waals surface area contributed by atoms with E-state index in [1.165, 1.54) is 16.0 Å². The lowest BCUT2D eigenvalue weighted by molar-refractivity contribution is -0.142. The molecular formula is C23H30N2O3S. The van der Waals surface area contributed by atoms with Crippen LogP contribution in [-0.2, 0) is 20.7 Å². The maximum absolute atomic E-state index is 13.4. The first-order chi connectivity index (χ1) is 14.0. The van der Waals surface area contributed by atoms with E-state index >= 15 is 0 Å². The number of ether oxygens (including phenoxy) is 1. The van der Waals surface area contributed by atoms with Crippen molar-refractivity contribution < 1.29 is 14.3 Å². The Kier molecular flexibility index (Phi) is 7.45. The largest absolute Gasteiger partial charge is 0.383 e. The van der Waals surface area contributed by atoms with Crippen molar-refractivity contribution in [1.29, 1.82) is 0 Å². The Balaban J connectivity index is 1.85. The van der Waals surface area contributed by atoms with E-state index in [0.717, 1.165) is 18.4 Å². The highest BCUT2D eigenvalue weighted by atomic mass is 32.1. The van der Waals surface area contributed by atoms with E-state index in [9.17, 15) is 9.59 Å². The lowest BCUT2D eigenvalue weighted by Gasteiger charge is -2.37. The van der Waals surface area contributed by atoms with E-state index < -0.39 is 0 Å². The monoisotopic (exact) mass is 414 g/mol. The van der Waals surface area contributed by atoms with Crippen molar-refractivity contribution in [3.05, 3.63) is 57.3 Å². The van der Waals surface area contributed by atoms with Crippen LogP contribution in [0, 0.1) is 6.92 Å². The minimum atomic E-state index is -0.0938. The number of fused-ring (bicyclic) bond motifs is 1. The topological polar surface area (TPSA) is 49.9 Å². The van der Waals surface area contributed by atoms with Gasteiger partial charge in [0.25, 0.3) is 0 Å². The molecule has 0 unspecified atom stereocenters. The summed E-state index contributed by atoms with van der Waals surface area (Å²) in [5, 5.41) is 2.11. The molecule has 0 radical (unpaired) electrons. The number of methoxy groups -OCH3 is 1. The number of rotatable bonds is 8. The molecule has 0 saturated heterocycles. The molecule has 0 saturated carbocycles. The number of amides is 2. The highest BCUT2D eigenvalue weighted by molar-refractivity contribution is 7.10. The lowest BCUT2D eigenvalue weighted by Crippen LogP contribution is -2.47. The molecule has 1 atom stereocenters. The Morgan fingerprint density at radius 1 is 1.24 bits per heavy atom. The minimum absolute atomic E-state index is 0.00650. The van der Waals surface area contributed by atoms with Gasteiger partial charge >= 0.3 is 0 Å². The highest BCUT2D eigenvalue weighted by Gasteiger charge is 2.33. The zero-order chi connectivity index (χ0) is 20.8. The Hall–Kier alpha value is -2.18. The average Bonchev–Trinajstić information content (AvgIpc) is 3.20. The van der Waals surface area contributed by atoms with Gasteiger partial charge in [-0.3, -0.25) is 9.59 Å². The molecule has 156 valence electrons. The van der Waals surface area contributed by atoms with Crippen LogP contribution in [0.25, 0.3) is 0 Å². The van der Waals surface area contributed by atoms with Gasteiger partial charge in [0.1, 0.15) is 0 Å². The van der Waals surface area contributed by atoms with E-state index in [4.69, 9.17) is 4.74 Å². The van der Waals surface area contributed by atoms with Gasteiger partial charge in [-0.1, -0.05) is 36.8 Å². The zero-order valence-corrected chi connectivity index (χ0v) is 18.3. The molecule has 2 aromatic rings. The van der Waals surface area contributed by atoms with Crippen molar-refractivity contribution in [3.63, 3.8) is 0 Å². The number of nitrogens with zero attached hydrogens (tertiary/aromatic N) is 2. The van der Waals surface area contributed by atoms with Gasteiger partial charge in [0.15, 0.2) is 0 Å². The second kappa shape index (κ2) is 10.0. The molecule has 2 amide bonds. The summed E-state index contributed by atoms with van der Waals surface area (Å²) in [5.41, 5.74) is 3.53. The van der Waals surface area contributed by atoms with E-state index in [0.29, 0.717) is 26.1 Å². The second-order valence-electron chi connectivity index (χ2n) is 7.51. The van der Waals surface area contributed by atoms with Crippen molar-refractivity contribution in [3.8, 4) is 0 Å². The van der Waals surface area contributed by atoms with E-state index in [1.54, 1.807) is 23.3 Å². The predicted octanol–water partition coefficient (Wildman–Crippen LogP) is 3.81. The van der Waals surface area contributed by atoms with Crippen LogP contribution in [0.5, 0.6) is 0 Å². The highest BCUT2D eigenvalue weighted by Crippen LogP contribution is 2.37. The van der Waals surface area contributed by atoms with Crippen LogP contribution in [0.3, 0.4) is 0 Å². The van der Waals surface area contributed by atoms with E-state index in [2.05, 4.69) is 42.6 Å². The van der Waals surface area contributed by atoms with Crippen molar-refractivity contribution in [2.24, 2.45) is 0 Å². The van der Waals surface area contributed by atoms with Gasteiger partial charge in [-0.2, -0.15) is 0 Å². The Morgan fingerprint density at radius 3 is 2.69 bits per heavy atom. The molecule has 3 rings (SSSR count). The van der Waals surface area contributed by atoms with Gasteiger partial charge in [0.2, 0.25) is 11.8 Å². The fourth-order valence-corrected chi connectivity index (χ4v) is 4.72. The molecule has 1 aliphatic rings. The average molecular weight is 415 g/mol. The molecule has 0 fully saturated rings. The van der Waals surface area contributed by atoms with Gasteiger partial charge in [-0.25, -0.2) is 0 Å². The summed E-state index contributed by atoms with van der Waals surface area (Å²) < 4.78 is 5.15. The summed E-state index contributed by atoms with van der Waals surface area (Å²) in [7, 11) is 1.61. The van der Waals surface area contributed by atoms with E-state index in [-0.39, 0.29) is 24.4 Å². The molecule has 0 N–H and O–H groups in total. The van der Waals surface area contributed by atoms with Gasteiger partial charge in [-0.15, -0.1) is 11.3 Å². The number of thiophene rings is 1. The maximum Gasteiger partial charge on any atom is 0.242 e. The molecule has 0 spiro atoms. The van der Waals surface area contributed by atoms with Gasteiger partial charge in [-0.05, 0) is 42.3 Å². The molecule has 1 aromatic carbocycles. The third kappa shape index (κ3) is 5.06. The summed E-state index contributed by atoms with van der Waals surface area (Å²) in [5.74, 6) is 0.00555. The van der Waals surface area contributed by atoms with Crippen LogP contribution < -0.4 is 0 Å². The molecule has 6 heteroatoms. The van der Waals surface area contributed by atoms with Crippen molar-refractivity contribution >= 4 is 23.2 Å². The fourth-order valence-electron chi connectivity index (χ4n) is 3.81. The molecule has 0 aliphatic carbocycles. The Bertz CT molecular complexity index is 831. The van der Waals surface area contributed by atoms with Crippen molar-refractivity contribution in [2.45, 2.75) is 39.2 Å². The SMILES string of the molecule is CCCC(=O)N(CCOC)CC(=O)N1CCc2sccc2[C@H]1c1ccc(C)cc1. The first-order valence-electron chi connectivity index (χ1n) is 10.2. The number of hydrogen-bond acceptors (Lipinski definition) is 4. The number of aryl methyl sites for hydroxylation is 1.